The minimum absolute atomic E-state index is 0.00210. The number of aromatic nitrogens is 4. The van der Waals surface area contributed by atoms with E-state index in [1.807, 2.05) is 63.9 Å². The first kappa shape index (κ1) is 33.0. The highest BCUT2D eigenvalue weighted by molar-refractivity contribution is 7.90. The summed E-state index contributed by atoms with van der Waals surface area (Å²) in [5, 5.41) is 8.20. The van der Waals surface area contributed by atoms with Crippen molar-refractivity contribution >= 4 is 56.4 Å². The molecule has 47 heavy (non-hydrogen) atoms. The van der Waals surface area contributed by atoms with E-state index in [2.05, 4.69) is 4.90 Å². The molecule has 0 atom stereocenters. The van der Waals surface area contributed by atoms with Gasteiger partial charge in [-0.15, -0.1) is 0 Å². The van der Waals surface area contributed by atoms with Crippen molar-refractivity contribution in [3.63, 3.8) is 0 Å². The van der Waals surface area contributed by atoms with Crippen LogP contribution in [0.25, 0.3) is 40.0 Å². The number of imidazole rings is 1. The van der Waals surface area contributed by atoms with Gasteiger partial charge in [0.05, 0.1) is 46.9 Å². The van der Waals surface area contributed by atoms with E-state index >= 15 is 0 Å². The monoisotopic (exact) mass is 668 g/mol. The molecule has 1 aliphatic rings. The van der Waals surface area contributed by atoms with Crippen LogP contribution >= 0.6 is 0 Å². The molecular formula is C31H27F3N6O6S. The molecule has 2 N–H and O–H groups in total. The van der Waals surface area contributed by atoms with E-state index < -0.39 is 28.1 Å². The molecule has 244 valence electrons. The van der Waals surface area contributed by atoms with Gasteiger partial charge in [0.25, 0.3) is 10.0 Å². The Balaban J connectivity index is 0.000000559. The number of carbonyl (C=O) groups excluding carboxylic acids is 1. The van der Waals surface area contributed by atoms with Gasteiger partial charge in [-0.05, 0) is 36.4 Å². The van der Waals surface area contributed by atoms with Crippen molar-refractivity contribution in [3.05, 3.63) is 84.4 Å². The third-order valence-corrected chi connectivity index (χ3v) is 8.28. The smallest absolute Gasteiger partial charge is 0.475 e. The summed E-state index contributed by atoms with van der Waals surface area (Å²) in [7, 11) is -3.93. The number of pyridine rings is 1. The third-order valence-electron chi connectivity index (χ3n) is 6.83. The average Bonchev–Trinajstić information content (AvgIpc) is 3.47. The second kappa shape index (κ2) is 13.6. The van der Waals surface area contributed by atoms with E-state index in [0.717, 1.165) is 46.3 Å². The van der Waals surface area contributed by atoms with Gasteiger partial charge in [-0.3, -0.25) is 9.20 Å². The number of fused-ring (bicyclic) bond motifs is 2. The molecule has 1 aliphatic heterocycles. The molecule has 6 rings (SSSR count). The maximum atomic E-state index is 12.4. The average molecular weight is 669 g/mol. The number of carboxylic acid groups (broad SMARTS) is 1. The molecule has 0 spiro atoms. The molecule has 1 saturated heterocycles. The maximum Gasteiger partial charge on any atom is 0.490 e. The molecule has 2 aromatic carbocycles. The Hall–Kier alpha value is -5.35. The Bertz CT molecular complexity index is 2080. The predicted octanol–water partition coefficient (Wildman–Crippen LogP) is 4.41. The fraction of sp³-hybridized carbons (Fsp3) is 0.194. The molecule has 0 radical (unpaired) electrons. The first-order chi connectivity index (χ1) is 22.3. The van der Waals surface area contributed by atoms with Gasteiger partial charge in [-0.1, -0.05) is 36.4 Å². The molecule has 0 bridgehead atoms. The molecule has 1 fully saturated rings. The number of rotatable bonds is 6. The minimum Gasteiger partial charge on any atom is -0.475 e. The van der Waals surface area contributed by atoms with Crippen LogP contribution < -0.4 is 9.62 Å². The highest BCUT2D eigenvalue weighted by Crippen LogP contribution is 2.28. The highest BCUT2D eigenvalue weighted by Gasteiger charge is 2.38. The molecule has 0 unspecified atom stereocenters. The Morgan fingerprint density at radius 2 is 1.62 bits per heavy atom. The number of anilines is 1. The van der Waals surface area contributed by atoms with Crippen molar-refractivity contribution in [2.24, 2.45) is 0 Å². The predicted molar refractivity (Wildman–Crippen MR) is 167 cm³/mol. The summed E-state index contributed by atoms with van der Waals surface area (Å²) in [6.45, 7) is 3.79. The first-order valence-corrected chi connectivity index (χ1v) is 15.5. The van der Waals surface area contributed by atoms with E-state index in [4.69, 9.17) is 29.6 Å². The van der Waals surface area contributed by atoms with E-state index in [1.54, 1.807) is 18.3 Å². The summed E-state index contributed by atoms with van der Waals surface area (Å²) in [4.78, 5) is 36.7. The molecule has 0 saturated carbocycles. The fourth-order valence-corrected chi connectivity index (χ4v) is 5.66. The number of nitrogens with one attached hydrogen (secondary N) is 1. The van der Waals surface area contributed by atoms with Gasteiger partial charge >= 0.3 is 12.1 Å². The fourth-order valence-electron chi connectivity index (χ4n) is 4.67. The lowest BCUT2D eigenvalue weighted by Crippen LogP contribution is -2.37. The number of sulfonamides is 1. The number of ether oxygens (including phenoxy) is 1. The largest absolute Gasteiger partial charge is 0.490 e. The van der Waals surface area contributed by atoms with Gasteiger partial charge < -0.3 is 14.7 Å². The van der Waals surface area contributed by atoms with Crippen molar-refractivity contribution in [2.75, 3.05) is 31.2 Å². The van der Waals surface area contributed by atoms with Gasteiger partial charge in [-0.2, -0.15) is 13.2 Å². The number of nitrogens with zero attached hydrogens (tertiary/aromatic N) is 5. The molecule has 12 nitrogen and oxygen atoms in total. The number of morpholine rings is 1. The number of amides is 1. The van der Waals surface area contributed by atoms with Crippen LogP contribution in [0.5, 0.6) is 0 Å². The van der Waals surface area contributed by atoms with E-state index in [-0.39, 0.29) is 4.90 Å². The minimum atomic E-state index is -5.08. The molecule has 0 aliphatic carbocycles. The summed E-state index contributed by atoms with van der Waals surface area (Å²) in [6.07, 6.45) is 2.45. The Kier molecular flexibility index (Phi) is 9.53. The lowest BCUT2D eigenvalue weighted by atomic mass is 10.1. The maximum absolute atomic E-state index is 12.4. The molecule has 5 aromatic rings. The molecule has 1 amide bonds. The van der Waals surface area contributed by atoms with Gasteiger partial charge in [0.15, 0.2) is 11.5 Å². The van der Waals surface area contributed by atoms with Crippen LogP contribution in [0.4, 0.5) is 19.0 Å². The third kappa shape index (κ3) is 7.90. The van der Waals surface area contributed by atoms with Crippen LogP contribution in [0.1, 0.15) is 18.3 Å². The molecule has 4 heterocycles. The SMILES string of the molecule is CC(=O)NS(=O)(=O)c1ccc(-c2cnc(N3CCOCC3)c3nc(/C=C/c4ccc5ccccc5n4)cn23)cc1.O=C(O)C(F)(F)F. The lowest BCUT2D eigenvalue weighted by molar-refractivity contribution is -0.192. The highest BCUT2D eigenvalue weighted by atomic mass is 32.2. The van der Waals surface area contributed by atoms with Crippen LogP contribution in [0.15, 0.2) is 78.0 Å². The van der Waals surface area contributed by atoms with Crippen molar-refractivity contribution in [2.45, 2.75) is 18.0 Å². The Labute approximate surface area is 266 Å². The summed E-state index contributed by atoms with van der Waals surface area (Å²) >= 11 is 0. The number of alkyl halides is 3. The van der Waals surface area contributed by atoms with Crippen LogP contribution in [-0.2, 0) is 24.3 Å². The standard InChI is InChI=1S/C29H26N6O4S.C2HF3O2/c1-20(36)33-40(37,38)25-12-7-22(8-13-25)27-18-30-28(34-14-16-39-17-15-34)29-32-24(19-35(27)29)11-10-23-9-6-21-4-2-3-5-26(21)31-23;3-2(4,5)1(6)7/h2-13,18-19H,14-17H2,1H3,(H,33,36);(H,6,7)/b11-10+;. The summed E-state index contributed by atoms with van der Waals surface area (Å²) in [5.74, 6) is -2.65. The van der Waals surface area contributed by atoms with Crippen LogP contribution in [0.3, 0.4) is 0 Å². The second-order valence-corrected chi connectivity index (χ2v) is 11.9. The number of carbonyl (C=O) groups is 2. The van der Waals surface area contributed by atoms with Crippen LogP contribution in [0.2, 0.25) is 0 Å². The first-order valence-electron chi connectivity index (χ1n) is 14.0. The van der Waals surface area contributed by atoms with Gasteiger partial charge in [0.2, 0.25) is 5.91 Å². The quantitative estimate of drug-likeness (QED) is 0.266. The van der Waals surface area contributed by atoms with Gasteiger partial charge in [-0.25, -0.2) is 32.9 Å². The zero-order valence-electron chi connectivity index (χ0n) is 24.7. The van der Waals surface area contributed by atoms with Crippen molar-refractivity contribution in [1.29, 1.82) is 0 Å². The zero-order chi connectivity index (χ0) is 33.8. The number of halogens is 3. The van der Waals surface area contributed by atoms with Gasteiger partial charge in [0.1, 0.15) is 0 Å². The number of para-hydroxylation sites is 1. The van der Waals surface area contributed by atoms with Gasteiger partial charge in [0, 0.05) is 37.2 Å². The topological polar surface area (TPSA) is 156 Å². The molecule has 3 aromatic heterocycles. The Morgan fingerprint density at radius 1 is 0.957 bits per heavy atom. The summed E-state index contributed by atoms with van der Waals surface area (Å²) < 4.78 is 66.0. The van der Waals surface area contributed by atoms with Crippen LogP contribution in [0, 0.1) is 0 Å². The molecule has 16 heteroatoms. The van der Waals surface area contributed by atoms with E-state index in [0.29, 0.717) is 32.0 Å². The van der Waals surface area contributed by atoms with Crippen molar-refractivity contribution in [3.8, 4) is 11.3 Å². The number of hydrogen-bond acceptors (Lipinski definition) is 9. The van der Waals surface area contributed by atoms with Crippen molar-refractivity contribution < 1.29 is 41.0 Å². The van der Waals surface area contributed by atoms with Crippen molar-refractivity contribution in [1.82, 2.24) is 24.1 Å². The van der Waals surface area contributed by atoms with E-state index in [9.17, 15) is 26.4 Å². The normalized spacial score (nSPS) is 13.8. The van der Waals surface area contributed by atoms with Crippen LogP contribution in [-0.4, -0.2) is 77.2 Å². The number of hydrogen-bond donors (Lipinski definition) is 2. The number of benzene rings is 2. The zero-order valence-corrected chi connectivity index (χ0v) is 25.5. The van der Waals surface area contributed by atoms with E-state index in [1.165, 1.54) is 12.1 Å². The second-order valence-electron chi connectivity index (χ2n) is 10.2. The lowest BCUT2D eigenvalue weighted by Gasteiger charge is -2.28. The Morgan fingerprint density at radius 3 is 2.28 bits per heavy atom. The summed E-state index contributed by atoms with van der Waals surface area (Å²) in [5.41, 5.74) is 4.63. The summed E-state index contributed by atoms with van der Waals surface area (Å²) in [6, 6.07) is 18.3. The molecular weight excluding hydrogens is 641 g/mol. The number of carboxylic acids is 1. The number of aliphatic carboxylic acids is 1.